The second-order valence-corrected chi connectivity index (χ2v) is 5.57. The Morgan fingerprint density at radius 3 is 2.64 bits per heavy atom. The van der Waals surface area contributed by atoms with Gasteiger partial charge in [0, 0.05) is 29.2 Å². The first-order chi connectivity index (χ1) is 10.7. The third-order valence-electron chi connectivity index (χ3n) is 2.97. The molecule has 2 rings (SSSR count). The maximum absolute atomic E-state index is 10.8. The Morgan fingerprint density at radius 1 is 1.18 bits per heavy atom. The zero-order valence-electron chi connectivity index (χ0n) is 12.2. The maximum Gasteiger partial charge on any atom is 0.270 e. The molecule has 0 unspecified atom stereocenters. The van der Waals surface area contributed by atoms with Crippen LogP contribution in [0.2, 0.25) is 0 Å². The van der Waals surface area contributed by atoms with Crippen molar-refractivity contribution in [3.8, 4) is 11.5 Å². The molecule has 0 amide bonds. The second kappa shape index (κ2) is 8.29. The van der Waals surface area contributed by atoms with Gasteiger partial charge in [0.25, 0.3) is 5.69 Å². The van der Waals surface area contributed by atoms with Gasteiger partial charge < -0.3 is 9.47 Å². The molecule has 0 aliphatic carbocycles. The average Bonchev–Trinajstić information content (AvgIpc) is 2.55. The maximum atomic E-state index is 10.8. The molecule has 0 saturated carbocycles. The van der Waals surface area contributed by atoms with Crippen molar-refractivity contribution in [2.45, 2.75) is 5.75 Å². The van der Waals surface area contributed by atoms with Crippen LogP contribution in [0.4, 0.5) is 5.69 Å². The molecule has 0 radical (unpaired) electrons. The van der Waals surface area contributed by atoms with Crippen molar-refractivity contribution < 1.29 is 14.4 Å². The average molecular weight is 319 g/mol. The summed E-state index contributed by atoms with van der Waals surface area (Å²) in [4.78, 5) is 10.4. The van der Waals surface area contributed by atoms with Gasteiger partial charge in [-0.1, -0.05) is 18.2 Å². The first-order valence-electron chi connectivity index (χ1n) is 6.77. The van der Waals surface area contributed by atoms with Crippen LogP contribution in [-0.2, 0) is 5.75 Å². The highest BCUT2D eigenvalue weighted by Gasteiger charge is 2.11. The minimum atomic E-state index is -0.397. The minimum Gasteiger partial charge on any atom is -0.496 e. The summed E-state index contributed by atoms with van der Waals surface area (Å²) < 4.78 is 10.8. The lowest BCUT2D eigenvalue weighted by Crippen LogP contribution is -2.01. The molecule has 0 bridgehead atoms. The number of hydrogen-bond donors (Lipinski definition) is 0. The number of benzene rings is 2. The fourth-order valence-corrected chi connectivity index (χ4v) is 2.70. The van der Waals surface area contributed by atoms with Crippen molar-refractivity contribution in [3.63, 3.8) is 0 Å². The van der Waals surface area contributed by atoms with E-state index in [4.69, 9.17) is 9.47 Å². The Morgan fingerprint density at radius 2 is 1.95 bits per heavy atom. The zero-order valence-corrected chi connectivity index (χ0v) is 13.0. The molecule has 0 atom stereocenters. The highest BCUT2D eigenvalue weighted by atomic mass is 32.2. The summed E-state index contributed by atoms with van der Waals surface area (Å²) >= 11 is 1.65. The second-order valence-electron chi connectivity index (χ2n) is 4.47. The zero-order chi connectivity index (χ0) is 15.8. The monoisotopic (exact) mass is 319 g/mol. The summed E-state index contributed by atoms with van der Waals surface area (Å²) in [7, 11) is 1.56. The van der Waals surface area contributed by atoms with E-state index in [1.165, 1.54) is 6.07 Å². The summed E-state index contributed by atoms with van der Waals surface area (Å²) in [6.45, 7) is 0.589. The van der Waals surface area contributed by atoms with Gasteiger partial charge in [-0.3, -0.25) is 10.1 Å². The number of thioether (sulfide) groups is 1. The van der Waals surface area contributed by atoms with Crippen molar-refractivity contribution in [2.24, 2.45) is 0 Å². The van der Waals surface area contributed by atoms with Gasteiger partial charge in [0.2, 0.25) is 0 Å². The molecular weight excluding hydrogens is 302 g/mol. The largest absolute Gasteiger partial charge is 0.496 e. The molecule has 0 spiro atoms. The summed E-state index contributed by atoms with van der Waals surface area (Å²) in [5, 5.41) is 10.8. The van der Waals surface area contributed by atoms with Crippen LogP contribution in [0.1, 0.15) is 5.56 Å². The Labute approximate surface area is 133 Å². The van der Waals surface area contributed by atoms with E-state index in [1.54, 1.807) is 31.0 Å². The molecule has 2 aromatic rings. The number of methoxy groups -OCH3 is 1. The van der Waals surface area contributed by atoms with Crippen LogP contribution in [0, 0.1) is 10.1 Å². The van der Waals surface area contributed by atoms with Crippen LogP contribution in [0.15, 0.2) is 48.5 Å². The predicted molar refractivity (Wildman–Crippen MR) is 87.7 cm³/mol. The number of ether oxygens (including phenoxy) is 2. The number of hydrogen-bond acceptors (Lipinski definition) is 5. The van der Waals surface area contributed by atoms with Gasteiger partial charge in [-0.15, -0.1) is 0 Å². The lowest BCUT2D eigenvalue weighted by Gasteiger charge is -2.09. The summed E-state index contributed by atoms with van der Waals surface area (Å²) in [6, 6.07) is 14.3. The lowest BCUT2D eigenvalue weighted by atomic mass is 10.2. The molecule has 116 valence electrons. The van der Waals surface area contributed by atoms with Crippen molar-refractivity contribution in [2.75, 3.05) is 19.5 Å². The van der Waals surface area contributed by atoms with Gasteiger partial charge in [0.1, 0.15) is 11.5 Å². The minimum absolute atomic E-state index is 0.0805. The van der Waals surface area contributed by atoms with Crippen LogP contribution in [0.5, 0.6) is 11.5 Å². The molecule has 0 fully saturated rings. The number of nitrogens with zero attached hydrogens (tertiary/aromatic N) is 1. The molecule has 22 heavy (non-hydrogen) atoms. The van der Waals surface area contributed by atoms with Gasteiger partial charge in [0.15, 0.2) is 0 Å². The van der Waals surface area contributed by atoms with E-state index in [1.807, 2.05) is 30.3 Å². The van der Waals surface area contributed by atoms with Crippen LogP contribution >= 0.6 is 11.8 Å². The van der Waals surface area contributed by atoms with E-state index in [2.05, 4.69) is 0 Å². The topological polar surface area (TPSA) is 61.6 Å². The number of nitro groups is 1. The van der Waals surface area contributed by atoms with Crippen molar-refractivity contribution in [1.29, 1.82) is 0 Å². The quantitative estimate of drug-likeness (QED) is 0.419. The standard InChI is InChI=1S/C16H17NO4S/c1-20-16-8-7-14(17(18)19)11-13(16)12-22-10-9-21-15-5-3-2-4-6-15/h2-8,11H,9-10,12H2,1H3. The third kappa shape index (κ3) is 4.66. The predicted octanol–water partition coefficient (Wildman–Crippen LogP) is 3.92. The molecule has 0 aliphatic rings. The molecule has 0 N–H and O–H groups in total. The van der Waals surface area contributed by atoms with Crippen LogP contribution in [0.3, 0.4) is 0 Å². The summed E-state index contributed by atoms with van der Waals surface area (Å²) in [5.41, 5.74) is 0.901. The smallest absolute Gasteiger partial charge is 0.270 e. The van der Waals surface area contributed by atoms with Crippen LogP contribution in [-0.4, -0.2) is 24.4 Å². The Bertz CT molecular complexity index is 619. The Balaban J connectivity index is 1.83. The summed E-state index contributed by atoms with van der Waals surface area (Å²) in [5.74, 6) is 2.95. The molecule has 0 aliphatic heterocycles. The molecule has 6 heteroatoms. The normalized spacial score (nSPS) is 10.2. The van der Waals surface area contributed by atoms with Gasteiger partial charge >= 0.3 is 0 Å². The van der Waals surface area contributed by atoms with Gasteiger partial charge in [-0.05, 0) is 18.2 Å². The SMILES string of the molecule is COc1ccc([N+](=O)[O-])cc1CSCCOc1ccccc1. The highest BCUT2D eigenvalue weighted by molar-refractivity contribution is 7.98. The number of rotatable bonds is 8. The lowest BCUT2D eigenvalue weighted by molar-refractivity contribution is -0.384. The Hall–Kier alpha value is -2.21. The third-order valence-corrected chi connectivity index (χ3v) is 3.94. The van der Waals surface area contributed by atoms with E-state index in [0.29, 0.717) is 18.1 Å². The highest BCUT2D eigenvalue weighted by Crippen LogP contribution is 2.27. The molecule has 0 saturated heterocycles. The van der Waals surface area contributed by atoms with Crippen molar-refractivity contribution >= 4 is 17.4 Å². The van der Waals surface area contributed by atoms with Crippen molar-refractivity contribution in [1.82, 2.24) is 0 Å². The Kier molecular flexibility index (Phi) is 6.09. The van der Waals surface area contributed by atoms with Crippen molar-refractivity contribution in [3.05, 3.63) is 64.2 Å². The number of para-hydroxylation sites is 1. The van der Waals surface area contributed by atoms with E-state index in [-0.39, 0.29) is 5.69 Å². The van der Waals surface area contributed by atoms with E-state index in [9.17, 15) is 10.1 Å². The number of nitro benzene ring substituents is 1. The van der Waals surface area contributed by atoms with Gasteiger partial charge in [0.05, 0.1) is 18.6 Å². The van der Waals surface area contributed by atoms with Crippen LogP contribution in [0.25, 0.3) is 0 Å². The fourth-order valence-electron chi connectivity index (χ4n) is 1.91. The van der Waals surface area contributed by atoms with E-state index < -0.39 is 4.92 Å². The molecule has 0 heterocycles. The van der Waals surface area contributed by atoms with Gasteiger partial charge in [-0.25, -0.2) is 0 Å². The molecular formula is C16H17NO4S. The van der Waals surface area contributed by atoms with Crippen LogP contribution < -0.4 is 9.47 Å². The number of non-ortho nitro benzene ring substituents is 1. The van der Waals surface area contributed by atoms with Gasteiger partial charge in [-0.2, -0.15) is 11.8 Å². The van der Waals surface area contributed by atoms with E-state index in [0.717, 1.165) is 17.1 Å². The first-order valence-corrected chi connectivity index (χ1v) is 7.93. The molecule has 5 nitrogen and oxygen atoms in total. The first kappa shape index (κ1) is 16.2. The molecule has 2 aromatic carbocycles. The fraction of sp³-hybridized carbons (Fsp3) is 0.250. The summed E-state index contributed by atoms with van der Waals surface area (Å²) in [6.07, 6.45) is 0. The molecule has 0 aromatic heterocycles. The van der Waals surface area contributed by atoms with E-state index >= 15 is 0 Å².